The van der Waals surface area contributed by atoms with Gasteiger partial charge in [0.25, 0.3) is 5.92 Å². The minimum atomic E-state index is -2.55. The van der Waals surface area contributed by atoms with Crippen LogP contribution in [0.15, 0.2) is 30.9 Å². The van der Waals surface area contributed by atoms with E-state index in [2.05, 4.69) is 29.7 Å². The lowest BCUT2D eigenvalue weighted by molar-refractivity contribution is -0.0221. The van der Waals surface area contributed by atoms with Gasteiger partial charge in [-0.15, -0.1) is 0 Å². The Labute approximate surface area is 150 Å². The van der Waals surface area contributed by atoms with Gasteiger partial charge in [-0.1, -0.05) is 0 Å². The van der Waals surface area contributed by atoms with Crippen LogP contribution in [-0.2, 0) is 0 Å². The van der Waals surface area contributed by atoms with Crippen molar-refractivity contribution in [3.8, 4) is 0 Å². The molecule has 2 saturated heterocycles. The van der Waals surface area contributed by atoms with Gasteiger partial charge in [0.15, 0.2) is 0 Å². The van der Waals surface area contributed by atoms with Crippen LogP contribution in [0.4, 0.5) is 26.4 Å². The Balaban J connectivity index is 1.40. The first-order chi connectivity index (χ1) is 12.6. The van der Waals surface area contributed by atoms with Crippen LogP contribution in [-0.4, -0.2) is 65.1 Å². The molecule has 9 heteroatoms. The molecule has 0 radical (unpaired) electrons. The van der Waals surface area contributed by atoms with E-state index >= 15 is 0 Å². The average Bonchev–Trinajstić information content (AvgIpc) is 2.69. The molecule has 0 aromatic carbocycles. The summed E-state index contributed by atoms with van der Waals surface area (Å²) in [4.78, 5) is 23.5. The van der Waals surface area contributed by atoms with Gasteiger partial charge in [-0.3, -0.25) is 0 Å². The quantitative estimate of drug-likeness (QED) is 0.826. The minimum Gasteiger partial charge on any atom is -0.356 e. The van der Waals surface area contributed by atoms with E-state index in [4.69, 9.17) is 0 Å². The minimum absolute atomic E-state index is 0.123. The summed E-state index contributed by atoms with van der Waals surface area (Å²) in [6, 6.07) is 3.71. The summed E-state index contributed by atoms with van der Waals surface area (Å²) in [7, 11) is 0. The van der Waals surface area contributed by atoms with Crippen molar-refractivity contribution in [3.05, 3.63) is 30.9 Å². The molecule has 4 heterocycles. The molecule has 0 atom stereocenters. The maximum Gasteiger partial charge on any atom is 0.251 e. The third-order valence-electron chi connectivity index (χ3n) is 4.90. The molecule has 0 spiro atoms. The van der Waals surface area contributed by atoms with Crippen LogP contribution in [0.2, 0.25) is 0 Å². The van der Waals surface area contributed by atoms with Gasteiger partial charge in [-0.05, 0) is 6.07 Å². The van der Waals surface area contributed by atoms with Gasteiger partial charge >= 0.3 is 0 Å². The van der Waals surface area contributed by atoms with Gasteiger partial charge < -0.3 is 14.7 Å². The third kappa shape index (κ3) is 3.66. The topological polar surface area (TPSA) is 61.3 Å². The van der Waals surface area contributed by atoms with Gasteiger partial charge in [-0.2, -0.15) is 0 Å². The van der Waals surface area contributed by atoms with Gasteiger partial charge in [0.2, 0.25) is 5.95 Å². The lowest BCUT2D eigenvalue weighted by Gasteiger charge is -2.36. The first-order valence-corrected chi connectivity index (χ1v) is 8.82. The predicted molar refractivity (Wildman–Crippen MR) is 94.9 cm³/mol. The van der Waals surface area contributed by atoms with Crippen molar-refractivity contribution in [2.45, 2.75) is 18.8 Å². The fourth-order valence-electron chi connectivity index (χ4n) is 3.34. The summed E-state index contributed by atoms with van der Waals surface area (Å²) < 4.78 is 26.7. The Morgan fingerprint density at radius 3 is 1.88 bits per heavy atom. The molecule has 0 N–H and O–H groups in total. The monoisotopic (exact) mass is 361 g/mol. The number of piperidine rings is 1. The highest BCUT2D eigenvalue weighted by Crippen LogP contribution is 2.30. The number of rotatable bonds is 3. The molecule has 0 bridgehead atoms. The maximum atomic E-state index is 13.4. The van der Waals surface area contributed by atoms with Crippen LogP contribution in [0.25, 0.3) is 0 Å². The molecule has 2 aliphatic heterocycles. The molecular weight excluding hydrogens is 340 g/mol. The lowest BCUT2D eigenvalue weighted by Crippen LogP contribution is -2.47. The summed E-state index contributed by atoms with van der Waals surface area (Å²) in [5.74, 6) is -0.257. The highest BCUT2D eigenvalue weighted by molar-refractivity contribution is 5.51. The standard InChI is InChI=1S/C17H21F2N7/c18-17(19)2-6-24(7-3-17)14-12-15(23-13-22-14)25-8-10-26(11-9-25)16-20-4-1-5-21-16/h1,4-5,12-13H,2-3,6-11H2. The van der Waals surface area contributed by atoms with Gasteiger partial charge in [0.1, 0.15) is 18.0 Å². The average molecular weight is 361 g/mol. The predicted octanol–water partition coefficient (Wildman–Crippen LogP) is 1.83. The molecule has 2 aromatic heterocycles. The van der Waals surface area contributed by atoms with E-state index in [0.717, 1.165) is 43.8 Å². The summed E-state index contributed by atoms with van der Waals surface area (Å²) in [6.07, 6.45) is 4.76. The van der Waals surface area contributed by atoms with Crippen molar-refractivity contribution in [1.82, 2.24) is 19.9 Å². The molecule has 26 heavy (non-hydrogen) atoms. The molecular formula is C17H21F2N7. The molecule has 0 unspecified atom stereocenters. The smallest absolute Gasteiger partial charge is 0.251 e. The van der Waals surface area contributed by atoms with Crippen LogP contribution in [0.3, 0.4) is 0 Å². The Hall–Kier alpha value is -2.58. The van der Waals surface area contributed by atoms with Crippen LogP contribution < -0.4 is 14.7 Å². The highest BCUT2D eigenvalue weighted by atomic mass is 19.3. The fraction of sp³-hybridized carbons (Fsp3) is 0.529. The van der Waals surface area contributed by atoms with E-state index < -0.39 is 5.92 Å². The molecule has 0 amide bonds. The number of piperazine rings is 1. The Kier molecular flexibility index (Phi) is 4.52. The second kappa shape index (κ2) is 6.97. The molecule has 4 rings (SSSR count). The second-order valence-electron chi connectivity index (χ2n) is 6.60. The van der Waals surface area contributed by atoms with E-state index in [0.29, 0.717) is 13.1 Å². The second-order valence-corrected chi connectivity index (χ2v) is 6.60. The van der Waals surface area contributed by atoms with Crippen LogP contribution >= 0.6 is 0 Å². The Morgan fingerprint density at radius 2 is 1.27 bits per heavy atom. The van der Waals surface area contributed by atoms with Crippen molar-refractivity contribution >= 4 is 17.6 Å². The van der Waals surface area contributed by atoms with Crippen LogP contribution in [0.1, 0.15) is 12.8 Å². The van der Waals surface area contributed by atoms with Crippen molar-refractivity contribution in [2.24, 2.45) is 0 Å². The largest absolute Gasteiger partial charge is 0.356 e. The molecule has 0 saturated carbocycles. The Morgan fingerprint density at radius 1 is 0.731 bits per heavy atom. The van der Waals surface area contributed by atoms with E-state index in [9.17, 15) is 8.78 Å². The number of anilines is 3. The number of halogens is 2. The first kappa shape index (κ1) is 16.9. The van der Waals surface area contributed by atoms with E-state index in [-0.39, 0.29) is 12.8 Å². The number of nitrogens with zero attached hydrogens (tertiary/aromatic N) is 7. The van der Waals surface area contributed by atoms with Crippen molar-refractivity contribution < 1.29 is 8.78 Å². The number of hydrogen-bond acceptors (Lipinski definition) is 7. The SMILES string of the molecule is FC1(F)CCN(c2cc(N3CCN(c4ncccn4)CC3)ncn2)CC1. The number of hydrogen-bond donors (Lipinski definition) is 0. The summed E-state index contributed by atoms with van der Waals surface area (Å²) in [6.45, 7) is 3.85. The van der Waals surface area contributed by atoms with E-state index in [1.807, 2.05) is 11.0 Å². The fourth-order valence-corrected chi connectivity index (χ4v) is 3.34. The molecule has 2 aromatic rings. The zero-order chi connectivity index (χ0) is 18.0. The van der Waals surface area contributed by atoms with Crippen molar-refractivity contribution in [3.63, 3.8) is 0 Å². The summed E-state index contributed by atoms with van der Waals surface area (Å²) >= 11 is 0. The van der Waals surface area contributed by atoms with Gasteiger partial charge in [-0.25, -0.2) is 28.7 Å². The van der Waals surface area contributed by atoms with Crippen LogP contribution in [0.5, 0.6) is 0 Å². The zero-order valence-corrected chi connectivity index (χ0v) is 14.4. The van der Waals surface area contributed by atoms with E-state index in [1.54, 1.807) is 18.5 Å². The molecule has 0 aliphatic carbocycles. The number of aromatic nitrogens is 4. The van der Waals surface area contributed by atoms with Crippen molar-refractivity contribution in [1.29, 1.82) is 0 Å². The lowest BCUT2D eigenvalue weighted by atomic mass is 10.1. The summed E-state index contributed by atoms with van der Waals surface area (Å²) in [5, 5.41) is 0. The zero-order valence-electron chi connectivity index (χ0n) is 14.4. The molecule has 7 nitrogen and oxygen atoms in total. The van der Waals surface area contributed by atoms with Crippen molar-refractivity contribution in [2.75, 3.05) is 54.0 Å². The van der Waals surface area contributed by atoms with Gasteiger partial charge in [0.05, 0.1) is 0 Å². The van der Waals surface area contributed by atoms with E-state index in [1.165, 1.54) is 6.33 Å². The van der Waals surface area contributed by atoms with Crippen LogP contribution in [0, 0.1) is 0 Å². The molecule has 2 fully saturated rings. The molecule has 138 valence electrons. The highest BCUT2D eigenvalue weighted by Gasteiger charge is 2.34. The third-order valence-corrected chi connectivity index (χ3v) is 4.90. The normalized spacial score (nSPS) is 20.3. The maximum absolute atomic E-state index is 13.4. The van der Waals surface area contributed by atoms with Gasteiger partial charge in [0, 0.05) is 70.6 Å². The summed E-state index contributed by atoms with van der Waals surface area (Å²) in [5.41, 5.74) is 0. The Bertz CT molecular complexity index is 725. The first-order valence-electron chi connectivity index (χ1n) is 8.82. The number of alkyl halides is 2. The molecule has 2 aliphatic rings.